The third-order valence-electron chi connectivity index (χ3n) is 3.71. The molecular weight excluding hydrogens is 429 g/mol. The number of methoxy groups -OCH3 is 2. The van der Waals surface area contributed by atoms with Gasteiger partial charge in [-0.3, -0.25) is 4.79 Å². The van der Waals surface area contributed by atoms with Crippen LogP contribution in [0.25, 0.3) is 0 Å². The molecule has 2 aromatic rings. The number of carbonyl (C=O) groups excluding carboxylic acids is 3. The van der Waals surface area contributed by atoms with E-state index in [0.717, 1.165) is 11.3 Å². The molecule has 1 amide bonds. The van der Waals surface area contributed by atoms with E-state index >= 15 is 0 Å². The van der Waals surface area contributed by atoms with E-state index in [4.69, 9.17) is 37.4 Å². The van der Waals surface area contributed by atoms with Gasteiger partial charge in [-0.1, -0.05) is 23.2 Å². The second-order valence-electron chi connectivity index (χ2n) is 5.57. The first-order chi connectivity index (χ1) is 13.2. The van der Waals surface area contributed by atoms with E-state index in [1.165, 1.54) is 27.2 Å². The van der Waals surface area contributed by atoms with Crippen molar-refractivity contribution < 1.29 is 28.6 Å². The molecule has 1 aromatic heterocycles. The summed E-state index contributed by atoms with van der Waals surface area (Å²) in [5.74, 6) is -1.58. The average molecular weight is 446 g/mol. The fourth-order valence-corrected chi connectivity index (χ4v) is 3.83. The number of benzene rings is 1. The van der Waals surface area contributed by atoms with Gasteiger partial charge in [0.2, 0.25) is 0 Å². The van der Waals surface area contributed by atoms with E-state index in [0.29, 0.717) is 10.6 Å². The molecule has 1 unspecified atom stereocenters. The van der Waals surface area contributed by atoms with Crippen molar-refractivity contribution in [3.05, 3.63) is 44.2 Å². The Morgan fingerprint density at radius 2 is 1.75 bits per heavy atom. The van der Waals surface area contributed by atoms with Crippen LogP contribution in [0.2, 0.25) is 10.0 Å². The lowest BCUT2D eigenvalue weighted by atomic mass is 10.1. The molecule has 0 fully saturated rings. The van der Waals surface area contributed by atoms with Crippen molar-refractivity contribution in [3.8, 4) is 5.75 Å². The molecule has 0 aliphatic rings. The van der Waals surface area contributed by atoms with Gasteiger partial charge in [-0.25, -0.2) is 9.59 Å². The van der Waals surface area contributed by atoms with Gasteiger partial charge in [0.25, 0.3) is 5.91 Å². The number of halogens is 2. The molecule has 0 bridgehead atoms. The van der Waals surface area contributed by atoms with E-state index in [2.05, 4.69) is 5.32 Å². The predicted octanol–water partition coefficient (Wildman–Crippen LogP) is 4.34. The van der Waals surface area contributed by atoms with Crippen LogP contribution in [-0.4, -0.2) is 38.2 Å². The predicted molar refractivity (Wildman–Crippen MR) is 107 cm³/mol. The summed E-state index contributed by atoms with van der Waals surface area (Å²) in [5, 5.41) is 3.44. The van der Waals surface area contributed by atoms with E-state index in [-0.39, 0.29) is 26.2 Å². The summed E-state index contributed by atoms with van der Waals surface area (Å²) in [6.07, 6.45) is -0.951. The second kappa shape index (κ2) is 9.27. The molecule has 10 heteroatoms. The number of anilines is 1. The van der Waals surface area contributed by atoms with Crippen molar-refractivity contribution in [2.45, 2.75) is 20.0 Å². The molecule has 1 atom stereocenters. The number of hydrogen-bond acceptors (Lipinski definition) is 7. The van der Waals surface area contributed by atoms with Crippen LogP contribution < -0.4 is 10.1 Å². The van der Waals surface area contributed by atoms with Crippen LogP contribution in [-0.2, 0) is 14.3 Å². The number of amides is 1. The molecular formula is C18H17Cl2NO6S. The maximum Gasteiger partial charge on any atom is 0.348 e. The highest BCUT2D eigenvalue weighted by Crippen LogP contribution is 2.34. The molecule has 0 saturated heterocycles. The minimum atomic E-state index is -0.951. The molecule has 150 valence electrons. The molecule has 0 radical (unpaired) electrons. The highest BCUT2D eigenvalue weighted by molar-refractivity contribution is 7.18. The Kier molecular flexibility index (Phi) is 7.29. The van der Waals surface area contributed by atoms with Gasteiger partial charge in [-0.15, -0.1) is 11.3 Å². The topological polar surface area (TPSA) is 90.9 Å². The zero-order chi connectivity index (χ0) is 21.0. The number of ether oxygens (including phenoxy) is 3. The van der Waals surface area contributed by atoms with Crippen molar-refractivity contribution >= 4 is 57.4 Å². The van der Waals surface area contributed by atoms with E-state index in [1.807, 2.05) is 0 Å². The number of carbonyl (C=O) groups is 3. The molecule has 1 heterocycles. The van der Waals surface area contributed by atoms with E-state index in [1.54, 1.807) is 19.1 Å². The Balaban J connectivity index is 2.26. The van der Waals surface area contributed by atoms with E-state index < -0.39 is 23.9 Å². The van der Waals surface area contributed by atoms with Crippen LogP contribution in [0.4, 0.5) is 5.00 Å². The maximum absolute atomic E-state index is 12.6. The van der Waals surface area contributed by atoms with Crippen molar-refractivity contribution in [1.29, 1.82) is 0 Å². The number of hydrogen-bond donors (Lipinski definition) is 1. The fraction of sp³-hybridized carbons (Fsp3) is 0.278. The third-order valence-corrected chi connectivity index (χ3v) is 5.43. The Morgan fingerprint density at radius 1 is 1.11 bits per heavy atom. The van der Waals surface area contributed by atoms with Gasteiger partial charge in [0, 0.05) is 5.02 Å². The number of nitrogens with one attached hydrogen (secondary N) is 1. The van der Waals surface area contributed by atoms with Gasteiger partial charge >= 0.3 is 11.9 Å². The molecule has 28 heavy (non-hydrogen) atoms. The Labute approximate surface area is 175 Å². The lowest BCUT2D eigenvalue weighted by molar-refractivity contribution is -0.122. The molecule has 0 aliphatic heterocycles. The minimum absolute atomic E-state index is 0.0815. The van der Waals surface area contributed by atoms with Gasteiger partial charge in [0.05, 0.1) is 24.8 Å². The number of rotatable bonds is 6. The van der Waals surface area contributed by atoms with Crippen molar-refractivity contribution in [1.82, 2.24) is 0 Å². The summed E-state index contributed by atoms with van der Waals surface area (Å²) in [5.41, 5.74) is 0.436. The Hall–Kier alpha value is -2.29. The molecule has 1 aromatic carbocycles. The summed E-state index contributed by atoms with van der Waals surface area (Å²) >= 11 is 12.8. The van der Waals surface area contributed by atoms with Crippen molar-refractivity contribution in [2.75, 3.05) is 19.5 Å². The normalized spacial score (nSPS) is 11.5. The van der Waals surface area contributed by atoms with Gasteiger partial charge in [0.15, 0.2) is 6.10 Å². The van der Waals surface area contributed by atoms with Crippen LogP contribution in [0, 0.1) is 6.92 Å². The highest BCUT2D eigenvalue weighted by Gasteiger charge is 2.28. The Morgan fingerprint density at radius 3 is 2.32 bits per heavy atom. The quantitative estimate of drug-likeness (QED) is 0.664. The lowest BCUT2D eigenvalue weighted by Gasteiger charge is -2.15. The van der Waals surface area contributed by atoms with Crippen LogP contribution in [0.15, 0.2) is 18.2 Å². The maximum atomic E-state index is 12.6. The summed E-state index contributed by atoms with van der Waals surface area (Å²) in [6.45, 7) is 3.08. The first-order valence-corrected chi connectivity index (χ1v) is 9.49. The summed E-state index contributed by atoms with van der Waals surface area (Å²) in [7, 11) is 2.43. The number of esters is 2. The molecule has 0 saturated carbocycles. The lowest BCUT2D eigenvalue weighted by Crippen LogP contribution is -2.30. The summed E-state index contributed by atoms with van der Waals surface area (Å²) < 4.78 is 15.0. The zero-order valence-corrected chi connectivity index (χ0v) is 17.8. The first kappa shape index (κ1) is 22.0. The monoisotopic (exact) mass is 445 g/mol. The zero-order valence-electron chi connectivity index (χ0n) is 15.4. The van der Waals surface area contributed by atoms with Crippen LogP contribution in [0.1, 0.15) is 32.5 Å². The highest BCUT2D eigenvalue weighted by atomic mass is 35.5. The van der Waals surface area contributed by atoms with Crippen LogP contribution in [0.5, 0.6) is 5.75 Å². The molecule has 2 rings (SSSR count). The SMILES string of the molecule is COC(=O)c1sc(NC(=O)C(C)Oc2ccc(Cl)cc2Cl)c(C(=O)OC)c1C. The van der Waals surface area contributed by atoms with Crippen molar-refractivity contribution in [3.63, 3.8) is 0 Å². The third kappa shape index (κ3) is 4.76. The van der Waals surface area contributed by atoms with Crippen molar-refractivity contribution in [2.24, 2.45) is 0 Å². The molecule has 7 nitrogen and oxygen atoms in total. The van der Waals surface area contributed by atoms with Gasteiger partial charge in [-0.2, -0.15) is 0 Å². The fourth-order valence-electron chi connectivity index (χ4n) is 2.27. The van der Waals surface area contributed by atoms with Crippen LogP contribution in [0.3, 0.4) is 0 Å². The molecule has 1 N–H and O–H groups in total. The van der Waals surface area contributed by atoms with Gasteiger partial charge in [0.1, 0.15) is 15.6 Å². The largest absolute Gasteiger partial charge is 0.479 e. The first-order valence-electron chi connectivity index (χ1n) is 7.92. The standard InChI is InChI=1S/C18H17Cl2NO6S/c1-8-13(17(23)25-3)16(28-14(8)18(24)26-4)21-15(22)9(2)27-12-6-5-10(19)7-11(12)20/h5-7,9H,1-4H3,(H,21,22). The van der Waals surface area contributed by atoms with Gasteiger partial charge in [-0.05, 0) is 37.6 Å². The average Bonchev–Trinajstić information content (AvgIpc) is 2.98. The summed E-state index contributed by atoms with van der Waals surface area (Å²) in [4.78, 5) is 36.8. The molecule has 0 aliphatic carbocycles. The van der Waals surface area contributed by atoms with Gasteiger partial charge < -0.3 is 19.5 Å². The van der Waals surface area contributed by atoms with E-state index in [9.17, 15) is 14.4 Å². The molecule has 0 spiro atoms. The van der Waals surface area contributed by atoms with Crippen LogP contribution >= 0.6 is 34.5 Å². The Bertz CT molecular complexity index is 927. The second-order valence-corrected chi connectivity index (χ2v) is 7.43. The minimum Gasteiger partial charge on any atom is -0.479 e. The summed E-state index contributed by atoms with van der Waals surface area (Å²) in [6, 6.07) is 4.61. The smallest absolute Gasteiger partial charge is 0.348 e. The number of thiophene rings is 1.